The van der Waals surface area contributed by atoms with E-state index in [1.807, 2.05) is 22.7 Å². The predicted octanol–water partition coefficient (Wildman–Crippen LogP) is 13.2. The van der Waals surface area contributed by atoms with Crippen LogP contribution in [0.3, 0.4) is 0 Å². The van der Waals surface area contributed by atoms with Crippen LogP contribution in [-0.2, 0) is 19.3 Å². The molecule has 0 nitrogen and oxygen atoms in total. The average molecular weight is 677 g/mol. The molecule has 0 amide bonds. The Morgan fingerprint density at radius 1 is 0.583 bits per heavy atom. The number of aryl methyl sites for hydroxylation is 2. The highest BCUT2D eigenvalue weighted by Gasteiger charge is 2.22. The number of rotatable bonds is 17. The molecule has 0 aliphatic heterocycles. The lowest BCUT2D eigenvalue weighted by molar-refractivity contribution is 0.596. The highest BCUT2D eigenvalue weighted by Crippen LogP contribution is 2.48. The van der Waals surface area contributed by atoms with Crippen LogP contribution in [0, 0.1) is 5.82 Å². The highest BCUT2D eigenvalue weighted by molar-refractivity contribution is 9.11. The van der Waals surface area contributed by atoms with Crippen molar-refractivity contribution in [3.05, 3.63) is 42.2 Å². The Morgan fingerprint density at radius 2 is 1.11 bits per heavy atom. The Hall–Kier alpha value is -0.0100. The molecule has 0 saturated carbocycles. The van der Waals surface area contributed by atoms with Crippen molar-refractivity contribution in [1.29, 1.82) is 0 Å². The van der Waals surface area contributed by atoms with Crippen LogP contribution in [0.25, 0.3) is 19.5 Å². The Kier molecular flexibility index (Phi) is 13.7. The molecular formula is C30H41Br2FS3. The van der Waals surface area contributed by atoms with Gasteiger partial charge in [-0.3, -0.25) is 0 Å². The van der Waals surface area contributed by atoms with E-state index < -0.39 is 0 Å². The number of hydrogen-bond donors (Lipinski definition) is 0. The van der Waals surface area contributed by atoms with Crippen molar-refractivity contribution in [2.24, 2.45) is 0 Å². The van der Waals surface area contributed by atoms with Gasteiger partial charge in [0.2, 0.25) is 0 Å². The lowest BCUT2D eigenvalue weighted by atomic mass is 10.0. The molecule has 3 aromatic rings. The van der Waals surface area contributed by atoms with Gasteiger partial charge >= 0.3 is 0 Å². The first-order chi connectivity index (χ1) is 17.5. The molecule has 3 heterocycles. The maximum absolute atomic E-state index is 15.1. The summed E-state index contributed by atoms with van der Waals surface area (Å²) in [5.41, 5.74) is 3.80. The summed E-state index contributed by atoms with van der Waals surface area (Å²) in [5.74, 6) is -0.0424. The Balaban J connectivity index is 1.91. The minimum atomic E-state index is -0.0424. The zero-order valence-corrected chi connectivity index (χ0v) is 27.7. The molecule has 0 atom stereocenters. The fourth-order valence-electron chi connectivity index (χ4n) is 4.67. The minimum Gasteiger partial charge on any atom is -0.204 e. The van der Waals surface area contributed by atoms with Gasteiger partial charge in [-0.05, 0) is 93.6 Å². The van der Waals surface area contributed by atoms with Crippen molar-refractivity contribution in [1.82, 2.24) is 0 Å². The van der Waals surface area contributed by atoms with Crippen molar-refractivity contribution < 1.29 is 4.39 Å². The van der Waals surface area contributed by atoms with Gasteiger partial charge in [-0.1, -0.05) is 78.6 Å². The van der Waals surface area contributed by atoms with E-state index in [0.717, 1.165) is 36.1 Å². The first-order valence-electron chi connectivity index (χ1n) is 13.9. The molecule has 0 aliphatic rings. The van der Waals surface area contributed by atoms with E-state index in [4.69, 9.17) is 0 Å². The van der Waals surface area contributed by atoms with Crippen LogP contribution in [0.15, 0.2) is 19.7 Å². The molecule has 0 spiro atoms. The first kappa shape index (κ1) is 30.5. The van der Waals surface area contributed by atoms with Crippen molar-refractivity contribution in [2.45, 2.75) is 117 Å². The van der Waals surface area contributed by atoms with Crippen LogP contribution in [0.1, 0.15) is 115 Å². The maximum atomic E-state index is 15.1. The third-order valence-electron chi connectivity index (χ3n) is 6.80. The van der Waals surface area contributed by atoms with Gasteiger partial charge in [0.25, 0.3) is 0 Å². The molecule has 0 fully saturated rings. The number of unbranched alkanes of at least 4 members (excludes halogenated alkanes) is 9. The lowest BCUT2D eigenvalue weighted by Gasteiger charge is -2.02. The second kappa shape index (κ2) is 16.2. The smallest absolute Gasteiger partial charge is 0.152 e. The van der Waals surface area contributed by atoms with Gasteiger partial charge in [-0.2, -0.15) is 0 Å². The summed E-state index contributed by atoms with van der Waals surface area (Å²) >= 11 is 12.7. The SMILES string of the molecule is CCCCCCc1cc(-c2sc(-c3sc(Br)c(F)c3CCCCCC)cc2CCCCCC)sc1Br. The van der Waals surface area contributed by atoms with E-state index in [-0.39, 0.29) is 5.82 Å². The zero-order chi connectivity index (χ0) is 25.9. The second-order valence-electron chi connectivity index (χ2n) is 9.80. The van der Waals surface area contributed by atoms with Gasteiger partial charge in [0, 0.05) is 20.2 Å². The summed E-state index contributed by atoms with van der Waals surface area (Å²) in [4.78, 5) is 5.14. The fraction of sp³-hybridized carbons (Fsp3) is 0.600. The van der Waals surface area contributed by atoms with Crippen LogP contribution >= 0.6 is 65.9 Å². The summed E-state index contributed by atoms with van der Waals surface area (Å²) in [6.07, 6.45) is 17.9. The number of halogens is 3. The van der Waals surface area contributed by atoms with Crippen molar-refractivity contribution in [3.63, 3.8) is 0 Å². The molecule has 0 aliphatic carbocycles. The van der Waals surface area contributed by atoms with Crippen molar-refractivity contribution >= 4 is 65.9 Å². The maximum Gasteiger partial charge on any atom is 0.152 e. The third kappa shape index (κ3) is 8.49. The molecule has 0 N–H and O–H groups in total. The van der Waals surface area contributed by atoms with Gasteiger partial charge in [-0.25, -0.2) is 4.39 Å². The quantitative estimate of drug-likeness (QED) is 0.125. The molecule has 0 saturated heterocycles. The first-order valence-corrected chi connectivity index (χ1v) is 17.9. The topological polar surface area (TPSA) is 0 Å². The lowest BCUT2D eigenvalue weighted by Crippen LogP contribution is -1.89. The average Bonchev–Trinajstić information content (AvgIpc) is 3.53. The molecular weight excluding hydrogens is 635 g/mol. The number of hydrogen-bond acceptors (Lipinski definition) is 3. The van der Waals surface area contributed by atoms with E-state index in [1.54, 1.807) is 11.3 Å². The summed E-state index contributed by atoms with van der Waals surface area (Å²) in [6.45, 7) is 6.76. The predicted molar refractivity (Wildman–Crippen MR) is 170 cm³/mol. The van der Waals surface area contributed by atoms with Crippen LogP contribution in [-0.4, -0.2) is 0 Å². The molecule has 0 unspecified atom stereocenters. The summed E-state index contributed by atoms with van der Waals surface area (Å²) in [7, 11) is 0. The van der Waals surface area contributed by atoms with Gasteiger partial charge in [-0.15, -0.1) is 34.0 Å². The van der Waals surface area contributed by atoms with E-state index in [0.29, 0.717) is 3.79 Å². The van der Waals surface area contributed by atoms with Crippen LogP contribution < -0.4 is 0 Å². The molecule has 6 heteroatoms. The van der Waals surface area contributed by atoms with E-state index in [1.165, 1.54) is 100 Å². The van der Waals surface area contributed by atoms with Crippen LogP contribution in [0.4, 0.5) is 4.39 Å². The third-order valence-corrected chi connectivity index (χ3v) is 12.1. The molecule has 200 valence electrons. The molecule has 36 heavy (non-hydrogen) atoms. The normalized spacial score (nSPS) is 11.6. The van der Waals surface area contributed by atoms with Gasteiger partial charge in [0.15, 0.2) is 5.82 Å². The molecule has 3 rings (SSSR count). The van der Waals surface area contributed by atoms with Crippen LogP contribution in [0.5, 0.6) is 0 Å². The standard InChI is InChI=1S/C30H41Br2FS3/c1-4-7-10-13-16-21-19-25(28-23(18-15-12-9-6-3)26(33)30(32)36-28)34-27(21)24-20-22(29(31)35-24)17-14-11-8-5-2/h19-20H,4-18H2,1-3H3. The van der Waals surface area contributed by atoms with Crippen molar-refractivity contribution in [2.75, 3.05) is 0 Å². The summed E-state index contributed by atoms with van der Waals surface area (Å²) < 4.78 is 17.1. The fourth-order valence-corrected chi connectivity index (χ4v) is 9.60. The monoisotopic (exact) mass is 674 g/mol. The van der Waals surface area contributed by atoms with Gasteiger partial charge < -0.3 is 0 Å². The van der Waals surface area contributed by atoms with Gasteiger partial charge in [0.05, 0.1) is 8.66 Å². The van der Waals surface area contributed by atoms with Gasteiger partial charge in [0.1, 0.15) is 3.79 Å². The molecule has 0 aromatic carbocycles. The summed E-state index contributed by atoms with van der Waals surface area (Å²) in [5, 5.41) is 0. The van der Waals surface area contributed by atoms with Crippen LogP contribution in [0.2, 0.25) is 0 Å². The Morgan fingerprint density at radius 3 is 1.72 bits per heavy atom. The molecule has 3 aromatic heterocycles. The molecule has 0 bridgehead atoms. The Labute approximate surface area is 247 Å². The highest BCUT2D eigenvalue weighted by atomic mass is 79.9. The van der Waals surface area contributed by atoms with E-state index >= 15 is 4.39 Å². The minimum absolute atomic E-state index is 0.0424. The largest absolute Gasteiger partial charge is 0.204 e. The van der Waals surface area contributed by atoms with E-state index in [2.05, 4.69) is 64.8 Å². The number of thiophene rings is 3. The second-order valence-corrected chi connectivity index (χ2v) is 15.6. The van der Waals surface area contributed by atoms with Crippen molar-refractivity contribution in [3.8, 4) is 19.5 Å². The molecule has 0 radical (unpaired) electrons. The summed E-state index contributed by atoms with van der Waals surface area (Å²) in [6, 6.07) is 4.80. The zero-order valence-electron chi connectivity index (χ0n) is 22.1. The Bertz CT molecular complexity index is 1060. The van der Waals surface area contributed by atoms with E-state index in [9.17, 15) is 0 Å².